The molecule has 2 aromatic carbocycles. The van der Waals surface area contributed by atoms with E-state index in [0.717, 1.165) is 10.8 Å². The molecule has 0 unspecified atom stereocenters. The van der Waals surface area contributed by atoms with Crippen molar-refractivity contribution in [1.29, 1.82) is 0 Å². The third-order valence-corrected chi connectivity index (χ3v) is 1.72. The second-order valence-electron chi connectivity index (χ2n) is 2.51. The Morgan fingerprint density at radius 3 is 2.25 bits per heavy atom. The molecular weight excluding hydrogens is 345 g/mol. The molecular formula is C10H10BiO. The van der Waals surface area contributed by atoms with Crippen LogP contribution in [0, 0.1) is 0 Å². The first-order valence-electron chi connectivity index (χ1n) is 3.52. The van der Waals surface area contributed by atoms with Gasteiger partial charge in [0.25, 0.3) is 0 Å². The van der Waals surface area contributed by atoms with Crippen molar-refractivity contribution in [3.8, 4) is 5.75 Å². The molecule has 0 aliphatic heterocycles. The summed E-state index contributed by atoms with van der Waals surface area (Å²) in [5.74, 6) is 0.0729. The van der Waals surface area contributed by atoms with Crippen molar-refractivity contribution >= 4 is 37.0 Å². The SMILES string of the molecule is [BiH3].[O]c1ccc2ccccc2c1. The Kier molecular flexibility index (Phi) is 3.05. The topological polar surface area (TPSA) is 19.9 Å². The van der Waals surface area contributed by atoms with Crippen LogP contribution in [-0.2, 0) is 5.11 Å². The monoisotopic (exact) mass is 355 g/mol. The maximum absolute atomic E-state index is 10.9. The molecule has 2 rings (SSSR count). The number of fused-ring (bicyclic) bond motifs is 1. The smallest absolute Gasteiger partial charge is 0.179 e. The van der Waals surface area contributed by atoms with Gasteiger partial charge in [0.15, 0.2) is 5.75 Å². The molecule has 0 fully saturated rings. The first-order valence-corrected chi connectivity index (χ1v) is 3.52. The number of benzene rings is 2. The maximum atomic E-state index is 10.9. The largest absolute Gasteiger partial charge is 0.290 e. The first kappa shape index (κ1) is 9.47. The van der Waals surface area contributed by atoms with Crippen LogP contribution in [-0.4, -0.2) is 26.2 Å². The molecule has 0 atom stereocenters. The molecule has 0 aliphatic rings. The summed E-state index contributed by atoms with van der Waals surface area (Å²) in [6.45, 7) is 0. The van der Waals surface area contributed by atoms with Gasteiger partial charge < -0.3 is 0 Å². The molecule has 0 heterocycles. The van der Waals surface area contributed by atoms with Crippen LogP contribution in [0.3, 0.4) is 0 Å². The molecule has 0 saturated heterocycles. The predicted octanol–water partition coefficient (Wildman–Crippen LogP) is 1.80. The summed E-state index contributed by atoms with van der Waals surface area (Å²) in [5, 5.41) is 13.0. The van der Waals surface area contributed by atoms with Crippen molar-refractivity contribution < 1.29 is 5.11 Å². The maximum Gasteiger partial charge on any atom is 0.179 e. The van der Waals surface area contributed by atoms with E-state index >= 15 is 0 Å². The summed E-state index contributed by atoms with van der Waals surface area (Å²) in [6.07, 6.45) is 0. The van der Waals surface area contributed by atoms with E-state index in [1.54, 1.807) is 12.1 Å². The van der Waals surface area contributed by atoms with Gasteiger partial charge in [0, 0.05) is 0 Å². The molecule has 0 aromatic heterocycles. The summed E-state index contributed by atoms with van der Waals surface area (Å²) in [4.78, 5) is 0. The molecule has 2 aromatic rings. The average molecular weight is 355 g/mol. The van der Waals surface area contributed by atoms with E-state index in [1.165, 1.54) is 0 Å². The van der Waals surface area contributed by atoms with Crippen molar-refractivity contribution in [2.45, 2.75) is 0 Å². The van der Waals surface area contributed by atoms with Crippen LogP contribution in [0.25, 0.3) is 10.8 Å². The van der Waals surface area contributed by atoms with E-state index in [2.05, 4.69) is 0 Å². The normalized spacial score (nSPS) is 9.33. The number of hydrogen-bond acceptors (Lipinski definition) is 0. The summed E-state index contributed by atoms with van der Waals surface area (Å²) >= 11 is 0. The van der Waals surface area contributed by atoms with Crippen LogP contribution in [0.15, 0.2) is 42.5 Å². The van der Waals surface area contributed by atoms with Gasteiger partial charge in [-0.05, 0) is 22.9 Å². The van der Waals surface area contributed by atoms with Crippen molar-refractivity contribution in [2.75, 3.05) is 0 Å². The van der Waals surface area contributed by atoms with Crippen LogP contribution < -0.4 is 0 Å². The van der Waals surface area contributed by atoms with E-state index in [9.17, 15) is 5.11 Å². The molecule has 1 radical (unpaired) electrons. The molecule has 0 spiro atoms. The molecule has 0 amide bonds. The Labute approximate surface area is 90.2 Å². The second kappa shape index (κ2) is 3.86. The first-order chi connectivity index (χ1) is 5.36. The van der Waals surface area contributed by atoms with Crippen molar-refractivity contribution in [2.24, 2.45) is 0 Å². The van der Waals surface area contributed by atoms with E-state index in [1.807, 2.05) is 30.3 Å². The zero-order valence-electron chi connectivity index (χ0n) is 6.66. The van der Waals surface area contributed by atoms with Crippen LogP contribution in [0.5, 0.6) is 5.75 Å². The van der Waals surface area contributed by atoms with Crippen LogP contribution in [0.2, 0.25) is 0 Å². The van der Waals surface area contributed by atoms with Crippen molar-refractivity contribution in [3.63, 3.8) is 0 Å². The quantitative estimate of drug-likeness (QED) is 0.643. The summed E-state index contributed by atoms with van der Waals surface area (Å²) in [6, 6.07) is 12.9. The Bertz CT molecular complexity index is 384. The molecule has 0 N–H and O–H groups in total. The Balaban J connectivity index is 0.000000720. The van der Waals surface area contributed by atoms with Gasteiger partial charge in [0.05, 0.1) is 0 Å². The zero-order valence-corrected chi connectivity index (χ0v) is 12.2. The minimum Gasteiger partial charge on any atom is -0.290 e. The standard InChI is InChI=1S/C10H7O.Bi.3H/c11-10-6-5-8-3-1-2-4-9(8)7-10;;;;/h1-7H;;;;. The van der Waals surface area contributed by atoms with Gasteiger partial charge in [-0.3, -0.25) is 5.11 Å². The van der Waals surface area contributed by atoms with Gasteiger partial charge in [0.1, 0.15) is 0 Å². The molecule has 1 nitrogen and oxygen atoms in total. The fourth-order valence-corrected chi connectivity index (χ4v) is 1.17. The van der Waals surface area contributed by atoms with E-state index < -0.39 is 0 Å². The van der Waals surface area contributed by atoms with E-state index in [0.29, 0.717) is 0 Å². The van der Waals surface area contributed by atoms with Gasteiger partial charge >= 0.3 is 26.2 Å². The van der Waals surface area contributed by atoms with Crippen molar-refractivity contribution in [1.82, 2.24) is 0 Å². The molecule has 12 heavy (non-hydrogen) atoms. The average Bonchev–Trinajstić information content (AvgIpc) is 2.04. The second-order valence-corrected chi connectivity index (χ2v) is 2.51. The van der Waals surface area contributed by atoms with Gasteiger partial charge in [-0.1, -0.05) is 30.3 Å². The van der Waals surface area contributed by atoms with Gasteiger partial charge in [-0.15, -0.1) is 0 Å². The Morgan fingerprint density at radius 2 is 1.50 bits per heavy atom. The van der Waals surface area contributed by atoms with E-state index in [4.69, 9.17) is 0 Å². The fourth-order valence-electron chi connectivity index (χ4n) is 1.17. The molecule has 0 bridgehead atoms. The van der Waals surface area contributed by atoms with Crippen molar-refractivity contribution in [3.05, 3.63) is 42.5 Å². The molecule has 0 saturated carbocycles. The molecule has 0 aliphatic carbocycles. The summed E-state index contributed by atoms with van der Waals surface area (Å²) < 4.78 is 0. The van der Waals surface area contributed by atoms with Crippen LogP contribution >= 0.6 is 0 Å². The van der Waals surface area contributed by atoms with Crippen LogP contribution in [0.1, 0.15) is 0 Å². The molecule has 2 heteroatoms. The predicted molar refractivity (Wildman–Crippen MR) is 54.0 cm³/mol. The zero-order chi connectivity index (χ0) is 7.68. The number of rotatable bonds is 0. The molecule has 61 valence electrons. The van der Waals surface area contributed by atoms with Gasteiger partial charge in [-0.2, -0.15) is 0 Å². The summed E-state index contributed by atoms with van der Waals surface area (Å²) in [5.41, 5.74) is 0. The summed E-state index contributed by atoms with van der Waals surface area (Å²) in [7, 11) is 0. The van der Waals surface area contributed by atoms with Gasteiger partial charge in [0.2, 0.25) is 0 Å². The third kappa shape index (κ3) is 1.76. The van der Waals surface area contributed by atoms with Gasteiger partial charge in [-0.25, -0.2) is 0 Å². The third-order valence-electron chi connectivity index (χ3n) is 1.72. The fraction of sp³-hybridized carbons (Fsp3) is 0. The number of hydrogen-bond donors (Lipinski definition) is 0. The Hall–Kier alpha value is -0.617. The Morgan fingerprint density at radius 1 is 0.833 bits per heavy atom. The minimum absolute atomic E-state index is 0. The van der Waals surface area contributed by atoms with E-state index in [-0.39, 0.29) is 32.0 Å². The minimum atomic E-state index is 0. The van der Waals surface area contributed by atoms with Crippen LogP contribution in [0.4, 0.5) is 0 Å².